The van der Waals surface area contributed by atoms with Crippen molar-refractivity contribution in [3.63, 3.8) is 0 Å². The molecule has 0 unspecified atom stereocenters. The van der Waals surface area contributed by atoms with Crippen molar-refractivity contribution in [2.45, 2.75) is 104 Å². The van der Waals surface area contributed by atoms with Gasteiger partial charge in [0.2, 0.25) is 5.91 Å². The van der Waals surface area contributed by atoms with Gasteiger partial charge in [0.1, 0.15) is 29.6 Å². The summed E-state index contributed by atoms with van der Waals surface area (Å²) in [6.07, 6.45) is 10.6. The average Bonchev–Trinajstić information content (AvgIpc) is 3.56. The van der Waals surface area contributed by atoms with Crippen LogP contribution in [0.5, 0.6) is 5.75 Å². The molecule has 2 heterocycles. The molecule has 2 aliphatic rings. The Bertz CT molecular complexity index is 1500. The number of amides is 2. The minimum atomic E-state index is -0.378. The molecule has 1 N–H and O–H groups in total. The first-order valence-corrected chi connectivity index (χ1v) is 17.3. The Balaban J connectivity index is 1.27. The number of hydrogen-bond donors (Lipinski definition) is 1. The zero-order chi connectivity index (χ0) is 33.6. The van der Waals surface area contributed by atoms with Gasteiger partial charge in [0, 0.05) is 37.2 Å². The van der Waals surface area contributed by atoms with Crippen LogP contribution in [-0.4, -0.2) is 48.3 Å². The molecule has 9 nitrogen and oxygen atoms in total. The monoisotopic (exact) mass is 644 g/mol. The number of rotatable bonds is 10. The number of nitrogens with one attached hydrogen (secondary N) is 1. The van der Waals surface area contributed by atoms with Gasteiger partial charge in [-0.15, -0.1) is 0 Å². The van der Waals surface area contributed by atoms with Crippen molar-refractivity contribution in [1.82, 2.24) is 15.3 Å². The molecule has 3 aromatic rings. The summed E-state index contributed by atoms with van der Waals surface area (Å²) in [5.41, 5.74) is 4.15. The second-order valence-corrected chi connectivity index (χ2v) is 14.6. The Hall–Kier alpha value is -3.88. The normalized spacial score (nSPS) is 21.6. The summed E-state index contributed by atoms with van der Waals surface area (Å²) >= 11 is 0. The van der Waals surface area contributed by atoms with Gasteiger partial charge in [0.15, 0.2) is 5.89 Å². The van der Waals surface area contributed by atoms with Crippen LogP contribution in [0.2, 0.25) is 0 Å². The van der Waals surface area contributed by atoms with Crippen LogP contribution >= 0.6 is 0 Å². The third kappa shape index (κ3) is 9.14. The number of hydrogen-bond acceptors (Lipinski definition) is 7. The van der Waals surface area contributed by atoms with Crippen molar-refractivity contribution < 1.29 is 23.5 Å². The fourth-order valence-corrected chi connectivity index (χ4v) is 6.90. The molecule has 0 aliphatic heterocycles. The van der Waals surface area contributed by atoms with E-state index in [9.17, 15) is 9.59 Å². The van der Waals surface area contributed by atoms with Gasteiger partial charge in [-0.25, -0.2) is 14.8 Å². The molecule has 2 saturated carbocycles. The maximum atomic E-state index is 14.3. The number of aromatic nitrogens is 2. The molecule has 9 heteroatoms. The van der Waals surface area contributed by atoms with Crippen molar-refractivity contribution in [2.24, 2.45) is 17.3 Å². The van der Waals surface area contributed by atoms with Gasteiger partial charge in [-0.05, 0) is 105 Å². The predicted molar refractivity (Wildman–Crippen MR) is 184 cm³/mol. The minimum Gasteiger partial charge on any atom is -0.496 e. The summed E-state index contributed by atoms with van der Waals surface area (Å²) in [7, 11) is 1.71. The van der Waals surface area contributed by atoms with E-state index in [-0.39, 0.29) is 29.4 Å². The zero-order valence-electron chi connectivity index (χ0n) is 29.0. The number of alkyl carbamates (subject to hydrolysis) is 1. The van der Waals surface area contributed by atoms with E-state index < -0.39 is 0 Å². The Kier molecular flexibility index (Phi) is 11.3. The molecule has 1 aromatic carbocycles. The van der Waals surface area contributed by atoms with E-state index in [0.29, 0.717) is 68.7 Å². The standard InChI is InChI=1S/C38H52N4O5/c1-7-35-41-32(23-46-35)30-18-19-39-34(21-30)42(22-26-8-10-27(11-9-26)29-14-17-33(45-6)25(2)20-29)36(43)28-12-15-31(16-13-28)47-37(44)40-24-38(3,4)5/h14,17-21,23,26-28,31H,7-13,15-16,22,24H2,1-6H3,(H,40,44). The maximum absolute atomic E-state index is 14.3. The molecule has 0 radical (unpaired) electrons. The summed E-state index contributed by atoms with van der Waals surface area (Å²) in [5, 5.41) is 2.87. The SMILES string of the molecule is CCc1nc(-c2ccnc(N(CC3CCC(c4ccc(OC)c(C)c4)CC3)C(=O)C3CCC(OC(=O)NCC(C)(C)C)CC3)c2)co1. The van der Waals surface area contributed by atoms with Crippen molar-refractivity contribution in [3.05, 3.63) is 59.8 Å². The van der Waals surface area contributed by atoms with Crippen LogP contribution in [-0.2, 0) is 16.0 Å². The average molecular weight is 645 g/mol. The number of benzene rings is 1. The molecule has 0 atom stereocenters. The number of aryl methyl sites for hydroxylation is 2. The lowest BCUT2D eigenvalue weighted by atomic mass is 9.78. The number of carbonyl (C=O) groups is 2. The van der Waals surface area contributed by atoms with E-state index in [2.05, 4.69) is 56.2 Å². The first-order chi connectivity index (χ1) is 22.5. The van der Waals surface area contributed by atoms with Gasteiger partial charge in [-0.2, -0.15) is 0 Å². The predicted octanol–water partition coefficient (Wildman–Crippen LogP) is 8.25. The van der Waals surface area contributed by atoms with Crippen LogP contribution in [0.4, 0.5) is 10.6 Å². The van der Waals surface area contributed by atoms with Crippen LogP contribution in [0, 0.1) is 24.2 Å². The van der Waals surface area contributed by atoms with E-state index in [1.165, 1.54) is 11.1 Å². The Morgan fingerprint density at radius 1 is 1.02 bits per heavy atom. The van der Waals surface area contributed by atoms with E-state index in [0.717, 1.165) is 42.7 Å². The number of carbonyl (C=O) groups excluding carboxylic acids is 2. The first-order valence-electron chi connectivity index (χ1n) is 17.3. The number of ether oxygens (including phenoxy) is 2. The van der Waals surface area contributed by atoms with Gasteiger partial charge in [-0.1, -0.05) is 39.8 Å². The number of oxazole rings is 1. The fourth-order valence-electron chi connectivity index (χ4n) is 6.90. The summed E-state index contributed by atoms with van der Waals surface area (Å²) in [6.45, 7) is 11.5. The highest BCUT2D eigenvalue weighted by Crippen LogP contribution is 2.39. The van der Waals surface area contributed by atoms with E-state index in [1.54, 1.807) is 19.6 Å². The third-order valence-corrected chi connectivity index (χ3v) is 9.68. The molecular formula is C38H52N4O5. The molecule has 2 amide bonds. The number of methoxy groups -OCH3 is 1. The molecule has 0 spiro atoms. The van der Waals surface area contributed by atoms with E-state index >= 15 is 0 Å². The Morgan fingerprint density at radius 3 is 2.40 bits per heavy atom. The third-order valence-electron chi connectivity index (χ3n) is 9.68. The molecular weight excluding hydrogens is 592 g/mol. The Labute approximate surface area is 279 Å². The van der Waals surface area contributed by atoms with Gasteiger partial charge in [0.25, 0.3) is 0 Å². The maximum Gasteiger partial charge on any atom is 0.407 e. The molecule has 2 fully saturated rings. The minimum absolute atomic E-state index is 0.0160. The lowest BCUT2D eigenvalue weighted by Crippen LogP contribution is -2.43. The van der Waals surface area contributed by atoms with Crippen LogP contribution in [0.3, 0.4) is 0 Å². The van der Waals surface area contributed by atoms with Crippen LogP contribution in [0.1, 0.15) is 102 Å². The highest BCUT2D eigenvalue weighted by Gasteiger charge is 2.34. The van der Waals surface area contributed by atoms with Gasteiger partial charge >= 0.3 is 6.09 Å². The summed E-state index contributed by atoms with van der Waals surface area (Å²) < 4.78 is 16.8. The molecule has 2 aromatic heterocycles. The summed E-state index contributed by atoms with van der Waals surface area (Å²) in [4.78, 5) is 37.9. The van der Waals surface area contributed by atoms with Crippen LogP contribution < -0.4 is 15.0 Å². The topological polar surface area (TPSA) is 107 Å². The fraction of sp³-hybridized carbons (Fsp3) is 0.579. The van der Waals surface area contributed by atoms with Gasteiger partial charge < -0.3 is 19.2 Å². The molecule has 5 rings (SSSR count). The van der Waals surface area contributed by atoms with Crippen LogP contribution in [0.25, 0.3) is 11.3 Å². The number of nitrogens with zero attached hydrogens (tertiary/aromatic N) is 3. The van der Waals surface area contributed by atoms with E-state index in [1.807, 2.05) is 24.0 Å². The Morgan fingerprint density at radius 2 is 1.77 bits per heavy atom. The van der Waals surface area contributed by atoms with Crippen molar-refractivity contribution in [2.75, 3.05) is 25.1 Å². The highest BCUT2D eigenvalue weighted by atomic mass is 16.6. The molecule has 0 bridgehead atoms. The second-order valence-electron chi connectivity index (χ2n) is 14.6. The zero-order valence-corrected chi connectivity index (χ0v) is 29.0. The van der Waals surface area contributed by atoms with Crippen molar-refractivity contribution in [1.29, 1.82) is 0 Å². The summed E-state index contributed by atoms with van der Waals surface area (Å²) in [6, 6.07) is 10.4. The van der Waals surface area contributed by atoms with Crippen molar-refractivity contribution >= 4 is 17.8 Å². The molecule has 0 saturated heterocycles. The number of pyridine rings is 1. The number of anilines is 1. The molecule has 254 valence electrons. The highest BCUT2D eigenvalue weighted by molar-refractivity contribution is 5.94. The van der Waals surface area contributed by atoms with Gasteiger partial charge in [-0.3, -0.25) is 9.69 Å². The lowest BCUT2D eigenvalue weighted by molar-refractivity contribution is -0.124. The second kappa shape index (κ2) is 15.3. The summed E-state index contributed by atoms with van der Waals surface area (Å²) in [5.74, 6) is 3.11. The largest absolute Gasteiger partial charge is 0.496 e. The molecule has 47 heavy (non-hydrogen) atoms. The van der Waals surface area contributed by atoms with Crippen molar-refractivity contribution in [3.8, 4) is 17.0 Å². The van der Waals surface area contributed by atoms with Crippen LogP contribution in [0.15, 0.2) is 47.2 Å². The molecule has 2 aliphatic carbocycles. The lowest BCUT2D eigenvalue weighted by Gasteiger charge is -2.35. The smallest absolute Gasteiger partial charge is 0.407 e. The van der Waals surface area contributed by atoms with E-state index in [4.69, 9.17) is 18.9 Å². The quantitative estimate of drug-likeness (QED) is 0.237. The van der Waals surface area contributed by atoms with Gasteiger partial charge in [0.05, 0.1) is 7.11 Å². The first kappa shape index (κ1) is 34.5.